The molecule has 1 aromatic heterocycles. The Morgan fingerprint density at radius 3 is 2.78 bits per heavy atom. The molecule has 0 bridgehead atoms. The number of methoxy groups -OCH3 is 1. The Hall–Kier alpha value is -1.12. The molecule has 1 aromatic rings. The van der Waals surface area contributed by atoms with Gasteiger partial charge in [-0.05, 0) is 17.9 Å². The first-order valence-electron chi connectivity index (χ1n) is 5.26. The predicted octanol–water partition coefficient (Wildman–Crippen LogP) is 1.29. The maximum Gasteiger partial charge on any atom is 0.304 e. The molecule has 0 aliphatic heterocycles. The summed E-state index contributed by atoms with van der Waals surface area (Å²) in [6, 6.07) is 0.802. The van der Waals surface area contributed by atoms with Crippen LogP contribution in [0, 0.1) is 0 Å². The van der Waals surface area contributed by atoms with Gasteiger partial charge in [0.1, 0.15) is 4.90 Å². The van der Waals surface area contributed by atoms with Gasteiger partial charge in [-0.3, -0.25) is 4.79 Å². The fourth-order valence-corrected chi connectivity index (χ4v) is 3.93. The van der Waals surface area contributed by atoms with Crippen molar-refractivity contribution < 1.29 is 23.1 Å². The maximum atomic E-state index is 12.0. The molecule has 0 amide bonds. The van der Waals surface area contributed by atoms with Crippen LogP contribution in [0.1, 0.15) is 19.8 Å². The minimum absolute atomic E-state index is 0.0406. The summed E-state index contributed by atoms with van der Waals surface area (Å²) in [5.74, 6) is -1.04. The van der Waals surface area contributed by atoms with Gasteiger partial charge in [-0.25, -0.2) is 13.1 Å². The van der Waals surface area contributed by atoms with Gasteiger partial charge in [-0.1, -0.05) is 6.92 Å². The Labute approximate surface area is 110 Å². The van der Waals surface area contributed by atoms with Crippen molar-refractivity contribution in [3.63, 3.8) is 0 Å². The van der Waals surface area contributed by atoms with Crippen molar-refractivity contribution in [2.75, 3.05) is 7.11 Å². The average Bonchev–Trinajstić information content (AvgIpc) is 2.75. The Morgan fingerprint density at radius 2 is 2.28 bits per heavy atom. The van der Waals surface area contributed by atoms with Crippen LogP contribution >= 0.6 is 11.3 Å². The molecule has 1 heterocycles. The van der Waals surface area contributed by atoms with E-state index in [0.717, 1.165) is 0 Å². The molecular formula is C10H15NO5S2. The van der Waals surface area contributed by atoms with Crippen molar-refractivity contribution in [2.24, 2.45) is 0 Å². The molecule has 0 aliphatic carbocycles. The molecule has 0 aromatic carbocycles. The van der Waals surface area contributed by atoms with Crippen LogP contribution in [0.5, 0.6) is 5.06 Å². The summed E-state index contributed by atoms with van der Waals surface area (Å²) in [4.78, 5) is 10.6. The molecule has 1 rings (SSSR count). The summed E-state index contributed by atoms with van der Waals surface area (Å²) in [5.41, 5.74) is 0. The number of nitrogens with one attached hydrogen (secondary N) is 1. The minimum Gasteiger partial charge on any atom is -0.486 e. The molecule has 0 fully saturated rings. The summed E-state index contributed by atoms with van der Waals surface area (Å²) < 4.78 is 31.4. The Morgan fingerprint density at radius 1 is 1.61 bits per heavy atom. The molecule has 0 spiro atoms. The molecule has 0 aliphatic rings. The average molecular weight is 293 g/mol. The van der Waals surface area contributed by atoms with Gasteiger partial charge in [0.15, 0.2) is 5.06 Å². The zero-order valence-corrected chi connectivity index (χ0v) is 11.7. The van der Waals surface area contributed by atoms with Gasteiger partial charge in [-0.2, -0.15) is 0 Å². The summed E-state index contributed by atoms with van der Waals surface area (Å²) in [5, 5.41) is 10.6. The number of thiophene rings is 1. The molecule has 6 nitrogen and oxygen atoms in total. The fraction of sp³-hybridized carbons (Fsp3) is 0.500. The minimum atomic E-state index is -3.74. The summed E-state index contributed by atoms with van der Waals surface area (Å²) in [6.45, 7) is 1.72. The Balaban J connectivity index is 2.90. The summed E-state index contributed by atoms with van der Waals surface area (Å²) in [7, 11) is -2.36. The van der Waals surface area contributed by atoms with E-state index in [-0.39, 0.29) is 16.4 Å². The van der Waals surface area contributed by atoms with Crippen LogP contribution in [0.3, 0.4) is 0 Å². The van der Waals surface area contributed by atoms with Crippen LogP contribution in [0.15, 0.2) is 16.3 Å². The largest absolute Gasteiger partial charge is 0.486 e. The third-order valence-electron chi connectivity index (χ3n) is 2.31. The Bertz CT molecular complexity index is 508. The number of carboxylic acids is 1. The lowest BCUT2D eigenvalue weighted by atomic mass is 10.2. The van der Waals surface area contributed by atoms with Gasteiger partial charge < -0.3 is 9.84 Å². The Kier molecular flexibility index (Phi) is 5.12. The first-order chi connectivity index (χ1) is 8.40. The number of sulfonamides is 1. The number of ether oxygens (including phenoxy) is 1. The van der Waals surface area contributed by atoms with E-state index in [9.17, 15) is 13.2 Å². The molecular weight excluding hydrogens is 278 g/mol. The molecule has 0 radical (unpaired) electrons. The van der Waals surface area contributed by atoms with Crippen LogP contribution in [-0.2, 0) is 14.8 Å². The second kappa shape index (κ2) is 6.17. The van der Waals surface area contributed by atoms with Gasteiger partial charge in [0.05, 0.1) is 13.5 Å². The zero-order chi connectivity index (χ0) is 13.8. The van der Waals surface area contributed by atoms with Crippen molar-refractivity contribution in [1.82, 2.24) is 4.72 Å². The number of carbonyl (C=O) groups is 1. The molecule has 8 heteroatoms. The molecule has 1 atom stereocenters. The van der Waals surface area contributed by atoms with Crippen molar-refractivity contribution >= 4 is 27.3 Å². The lowest BCUT2D eigenvalue weighted by molar-refractivity contribution is -0.137. The van der Waals surface area contributed by atoms with Crippen molar-refractivity contribution in [3.8, 4) is 5.06 Å². The van der Waals surface area contributed by atoms with E-state index in [4.69, 9.17) is 9.84 Å². The van der Waals surface area contributed by atoms with Crippen LogP contribution in [0.25, 0.3) is 0 Å². The van der Waals surface area contributed by atoms with E-state index >= 15 is 0 Å². The lowest BCUT2D eigenvalue weighted by Gasteiger charge is -2.14. The molecule has 2 N–H and O–H groups in total. The topological polar surface area (TPSA) is 92.7 Å². The van der Waals surface area contributed by atoms with Crippen LogP contribution in [0.4, 0.5) is 0 Å². The number of aliphatic carboxylic acids is 1. The second-order valence-electron chi connectivity index (χ2n) is 3.60. The molecule has 18 heavy (non-hydrogen) atoms. The van der Waals surface area contributed by atoms with Gasteiger partial charge in [-0.15, -0.1) is 11.3 Å². The highest BCUT2D eigenvalue weighted by Gasteiger charge is 2.24. The highest BCUT2D eigenvalue weighted by molar-refractivity contribution is 7.89. The van der Waals surface area contributed by atoms with Gasteiger partial charge in [0.2, 0.25) is 10.0 Å². The molecule has 0 saturated carbocycles. The van der Waals surface area contributed by atoms with Crippen LogP contribution in [-0.4, -0.2) is 32.6 Å². The lowest BCUT2D eigenvalue weighted by Crippen LogP contribution is -2.35. The van der Waals surface area contributed by atoms with Crippen LogP contribution in [0.2, 0.25) is 0 Å². The second-order valence-corrected chi connectivity index (χ2v) is 6.16. The smallest absolute Gasteiger partial charge is 0.304 e. The van der Waals surface area contributed by atoms with Crippen molar-refractivity contribution in [1.29, 1.82) is 0 Å². The first kappa shape index (κ1) is 14.9. The predicted molar refractivity (Wildman–Crippen MR) is 67.5 cm³/mol. The first-order valence-corrected chi connectivity index (χ1v) is 7.62. The SMILES string of the molecule is CC[C@H](CC(=O)O)NS(=O)(=O)c1ccsc1OC. The molecule has 0 unspecified atom stereocenters. The fourth-order valence-electron chi connectivity index (χ4n) is 1.39. The number of carboxylic acid groups (broad SMARTS) is 1. The van der Waals surface area contributed by atoms with E-state index in [1.165, 1.54) is 24.5 Å². The van der Waals surface area contributed by atoms with Gasteiger partial charge in [0, 0.05) is 6.04 Å². The summed E-state index contributed by atoms with van der Waals surface area (Å²) >= 11 is 1.17. The normalized spacial score (nSPS) is 13.2. The number of hydrogen-bond donors (Lipinski definition) is 2. The van der Waals surface area contributed by atoms with Crippen LogP contribution < -0.4 is 9.46 Å². The van der Waals surface area contributed by atoms with E-state index < -0.39 is 22.0 Å². The highest BCUT2D eigenvalue weighted by atomic mass is 32.2. The monoisotopic (exact) mass is 293 g/mol. The molecule has 102 valence electrons. The summed E-state index contributed by atoms with van der Waals surface area (Å²) in [6.07, 6.45) is 0.153. The quantitative estimate of drug-likeness (QED) is 0.790. The van der Waals surface area contributed by atoms with E-state index in [1.54, 1.807) is 12.3 Å². The van der Waals surface area contributed by atoms with Gasteiger partial charge >= 0.3 is 5.97 Å². The number of hydrogen-bond acceptors (Lipinski definition) is 5. The van der Waals surface area contributed by atoms with Crippen molar-refractivity contribution in [3.05, 3.63) is 11.4 Å². The highest BCUT2D eigenvalue weighted by Crippen LogP contribution is 2.29. The maximum absolute atomic E-state index is 12.0. The van der Waals surface area contributed by atoms with Crippen molar-refractivity contribution in [2.45, 2.75) is 30.7 Å². The van der Waals surface area contributed by atoms with E-state index in [2.05, 4.69) is 4.72 Å². The van der Waals surface area contributed by atoms with E-state index in [1.807, 2.05) is 0 Å². The van der Waals surface area contributed by atoms with Gasteiger partial charge in [0.25, 0.3) is 0 Å². The number of rotatable bonds is 7. The zero-order valence-electron chi connectivity index (χ0n) is 10.0. The standard InChI is InChI=1S/C10H15NO5S2/c1-3-7(6-9(12)13)11-18(14,15)8-4-5-17-10(8)16-2/h4-5,7,11H,3,6H2,1-2H3,(H,12,13)/t7-/m1/s1. The molecule has 0 saturated heterocycles. The van der Waals surface area contributed by atoms with E-state index in [0.29, 0.717) is 6.42 Å². The third-order valence-corrected chi connectivity index (χ3v) is 4.85. The third kappa shape index (κ3) is 3.69.